The Kier molecular flexibility index (Phi) is 4.11. The van der Waals surface area contributed by atoms with Crippen LogP contribution in [0.1, 0.15) is 16.7 Å². The van der Waals surface area contributed by atoms with Crippen LogP contribution in [0.2, 0.25) is 5.02 Å². The number of fused-ring (bicyclic) bond motifs is 2. The highest BCUT2D eigenvalue weighted by atomic mass is 35.5. The minimum Gasteiger partial charge on any atom is -0.292 e. The summed E-state index contributed by atoms with van der Waals surface area (Å²) in [6.45, 7) is 0. The van der Waals surface area contributed by atoms with E-state index in [1.54, 1.807) is 17.0 Å². The van der Waals surface area contributed by atoms with Crippen LogP contribution < -0.4 is 4.90 Å². The summed E-state index contributed by atoms with van der Waals surface area (Å²) in [5, 5.41) is 8.95. The molecule has 0 saturated carbocycles. The van der Waals surface area contributed by atoms with Gasteiger partial charge in [0.2, 0.25) is 0 Å². The maximum atomic E-state index is 13.2. The molecule has 1 aliphatic heterocycles. The predicted molar refractivity (Wildman–Crippen MR) is 113 cm³/mol. The number of nitrogens with zero attached hydrogens (tertiary/aromatic N) is 3. The number of hydrogen-bond acceptors (Lipinski definition) is 4. The van der Waals surface area contributed by atoms with E-state index in [1.165, 1.54) is 0 Å². The molecule has 0 fully saturated rings. The molecule has 5 rings (SSSR count). The molecule has 0 saturated heterocycles. The van der Waals surface area contributed by atoms with Crippen LogP contribution in [0.15, 0.2) is 83.0 Å². The monoisotopic (exact) mass is 399 g/mol. The minimum absolute atomic E-state index is 0.134. The van der Waals surface area contributed by atoms with E-state index in [0.717, 1.165) is 16.9 Å². The molecular weight excluding hydrogens is 386 g/mol. The largest absolute Gasteiger partial charge is 0.292 e. The van der Waals surface area contributed by atoms with Crippen LogP contribution in [0, 0.1) is 0 Å². The fraction of sp³-hybridized carbons (Fsp3) is 0.0435. The van der Waals surface area contributed by atoms with Crippen molar-refractivity contribution in [3.8, 4) is 0 Å². The number of para-hydroxylation sites is 2. The highest BCUT2D eigenvalue weighted by Gasteiger charge is 2.35. The number of halogens is 1. The second-order valence-corrected chi connectivity index (χ2v) is 7.23. The molecule has 3 aromatic carbocycles. The van der Waals surface area contributed by atoms with Gasteiger partial charge in [0.1, 0.15) is 5.71 Å². The Balaban J connectivity index is 1.61. The first kappa shape index (κ1) is 17.5. The number of rotatable bonds is 2. The standard InChI is InChI=1S/C23H14ClN3O2/c24-15-11-10-14-12-20(28)21(18(14)13-15)25-26-22-17-8-4-5-9-19(17)27(23(22)29)16-6-2-1-3-7-16/h1-11,13H,12H2/b25-21-,26-22-. The first-order valence-electron chi connectivity index (χ1n) is 9.10. The van der Waals surface area contributed by atoms with Crippen molar-refractivity contribution in [2.24, 2.45) is 10.2 Å². The Labute approximate surface area is 172 Å². The SMILES string of the molecule is O=C1Cc2ccc(Cl)cc2/C1=N/N=C1\C(=O)N(c2ccccc2)c2ccccc21. The summed E-state index contributed by atoms with van der Waals surface area (Å²) >= 11 is 6.08. The van der Waals surface area contributed by atoms with Crippen LogP contribution in [0.5, 0.6) is 0 Å². The van der Waals surface area contributed by atoms with Gasteiger partial charge in [0.15, 0.2) is 11.5 Å². The van der Waals surface area contributed by atoms with E-state index in [9.17, 15) is 9.59 Å². The molecule has 5 nitrogen and oxygen atoms in total. The van der Waals surface area contributed by atoms with Crippen molar-refractivity contribution in [1.82, 2.24) is 0 Å². The Morgan fingerprint density at radius 2 is 1.52 bits per heavy atom. The zero-order chi connectivity index (χ0) is 20.0. The normalized spacial score (nSPS) is 17.9. The van der Waals surface area contributed by atoms with Crippen molar-refractivity contribution in [3.05, 3.63) is 94.5 Å². The quantitative estimate of drug-likeness (QED) is 0.602. The number of benzene rings is 3. The Morgan fingerprint density at radius 3 is 2.34 bits per heavy atom. The lowest BCUT2D eigenvalue weighted by atomic mass is 10.1. The molecule has 1 aliphatic carbocycles. The fourth-order valence-corrected chi connectivity index (χ4v) is 3.84. The van der Waals surface area contributed by atoms with E-state index in [-0.39, 0.29) is 29.5 Å². The second-order valence-electron chi connectivity index (χ2n) is 6.79. The summed E-state index contributed by atoms with van der Waals surface area (Å²) in [7, 11) is 0. The molecular formula is C23H14ClN3O2. The molecule has 1 amide bonds. The van der Waals surface area contributed by atoms with Gasteiger partial charge in [-0.15, -0.1) is 10.2 Å². The lowest BCUT2D eigenvalue weighted by molar-refractivity contribution is -0.112. The van der Waals surface area contributed by atoms with Crippen molar-refractivity contribution in [2.75, 3.05) is 4.90 Å². The van der Waals surface area contributed by atoms with E-state index in [4.69, 9.17) is 11.6 Å². The molecule has 0 aromatic heterocycles. The van der Waals surface area contributed by atoms with Gasteiger partial charge in [-0.05, 0) is 35.9 Å². The summed E-state index contributed by atoms with van der Waals surface area (Å²) in [4.78, 5) is 27.2. The Hall–Kier alpha value is -3.57. The summed E-state index contributed by atoms with van der Waals surface area (Å²) in [5.41, 5.74) is 4.15. The number of ketones is 1. The fourth-order valence-electron chi connectivity index (χ4n) is 3.67. The van der Waals surface area contributed by atoms with Gasteiger partial charge in [-0.3, -0.25) is 14.5 Å². The minimum atomic E-state index is -0.279. The summed E-state index contributed by atoms with van der Waals surface area (Å²) in [6, 6.07) is 22.1. The van der Waals surface area contributed by atoms with Gasteiger partial charge >= 0.3 is 0 Å². The van der Waals surface area contributed by atoms with Crippen LogP contribution >= 0.6 is 11.6 Å². The zero-order valence-electron chi connectivity index (χ0n) is 15.2. The third-order valence-electron chi connectivity index (χ3n) is 5.01. The van der Waals surface area contributed by atoms with Gasteiger partial charge in [-0.1, -0.05) is 54.1 Å². The lowest BCUT2D eigenvalue weighted by Gasteiger charge is -2.16. The Morgan fingerprint density at radius 1 is 0.793 bits per heavy atom. The lowest BCUT2D eigenvalue weighted by Crippen LogP contribution is -2.25. The van der Waals surface area contributed by atoms with Crippen LogP contribution in [0.25, 0.3) is 0 Å². The maximum Gasteiger partial charge on any atom is 0.284 e. The van der Waals surface area contributed by atoms with Gasteiger partial charge < -0.3 is 0 Å². The van der Waals surface area contributed by atoms with Gasteiger partial charge in [0.25, 0.3) is 5.91 Å². The van der Waals surface area contributed by atoms with Gasteiger partial charge in [-0.25, -0.2) is 0 Å². The molecule has 0 N–H and O–H groups in total. The first-order chi connectivity index (χ1) is 14.1. The van der Waals surface area contributed by atoms with E-state index < -0.39 is 0 Å². The average molecular weight is 400 g/mol. The third-order valence-corrected chi connectivity index (χ3v) is 5.25. The topological polar surface area (TPSA) is 62.1 Å². The van der Waals surface area contributed by atoms with Gasteiger partial charge in [0.05, 0.1) is 5.69 Å². The van der Waals surface area contributed by atoms with Crippen molar-refractivity contribution >= 4 is 46.1 Å². The number of anilines is 2. The Bertz CT molecular complexity index is 1230. The number of amides is 1. The van der Waals surface area contributed by atoms with Crippen LogP contribution in [0.4, 0.5) is 11.4 Å². The highest BCUT2D eigenvalue weighted by molar-refractivity contribution is 6.56. The molecule has 0 bridgehead atoms. The number of carbonyl (C=O) groups is 2. The average Bonchev–Trinajstić information content (AvgIpc) is 3.19. The van der Waals surface area contributed by atoms with E-state index >= 15 is 0 Å². The smallest absolute Gasteiger partial charge is 0.284 e. The molecule has 0 radical (unpaired) electrons. The van der Waals surface area contributed by atoms with Crippen molar-refractivity contribution in [1.29, 1.82) is 0 Å². The summed E-state index contributed by atoms with van der Waals surface area (Å²) in [5.74, 6) is -0.413. The van der Waals surface area contributed by atoms with Gasteiger partial charge in [-0.2, -0.15) is 0 Å². The van der Waals surface area contributed by atoms with Crippen LogP contribution in [-0.2, 0) is 16.0 Å². The molecule has 29 heavy (non-hydrogen) atoms. The number of Topliss-reactive ketones (excluding diaryl/α,β-unsaturated/α-hetero) is 1. The molecule has 140 valence electrons. The zero-order valence-corrected chi connectivity index (χ0v) is 15.9. The van der Waals surface area contributed by atoms with Crippen molar-refractivity contribution in [3.63, 3.8) is 0 Å². The molecule has 6 heteroatoms. The van der Waals surface area contributed by atoms with Crippen molar-refractivity contribution in [2.45, 2.75) is 6.42 Å². The number of hydrogen-bond donors (Lipinski definition) is 0. The molecule has 3 aromatic rings. The van der Waals surface area contributed by atoms with Crippen molar-refractivity contribution < 1.29 is 9.59 Å². The third kappa shape index (κ3) is 2.87. The van der Waals surface area contributed by atoms with Gasteiger partial charge in [0, 0.05) is 28.3 Å². The second kappa shape index (κ2) is 6.79. The molecule has 0 spiro atoms. The molecule has 2 aliphatic rings. The summed E-state index contributed by atoms with van der Waals surface area (Å²) < 4.78 is 0. The molecule has 1 heterocycles. The van der Waals surface area contributed by atoms with E-state index in [2.05, 4.69) is 10.2 Å². The predicted octanol–water partition coefficient (Wildman–Crippen LogP) is 4.34. The van der Waals surface area contributed by atoms with Crippen LogP contribution in [-0.4, -0.2) is 23.1 Å². The number of carbonyl (C=O) groups excluding carboxylic acids is 2. The highest BCUT2D eigenvalue weighted by Crippen LogP contribution is 2.35. The molecule has 0 atom stereocenters. The maximum absolute atomic E-state index is 13.2. The van der Waals surface area contributed by atoms with Crippen LogP contribution in [0.3, 0.4) is 0 Å². The summed E-state index contributed by atoms with van der Waals surface area (Å²) in [6.07, 6.45) is 0.261. The van der Waals surface area contributed by atoms with E-state index in [1.807, 2.05) is 60.7 Å². The molecule has 0 unspecified atom stereocenters. The van der Waals surface area contributed by atoms with E-state index in [0.29, 0.717) is 16.1 Å². The first-order valence-corrected chi connectivity index (χ1v) is 9.48.